The Morgan fingerprint density at radius 3 is 2.32 bits per heavy atom. The van der Waals surface area contributed by atoms with E-state index in [0.717, 1.165) is 16.2 Å². The number of carbonyl (C=O) groups excluding carboxylic acids is 3. The van der Waals surface area contributed by atoms with Gasteiger partial charge in [-0.2, -0.15) is 0 Å². The predicted molar refractivity (Wildman–Crippen MR) is 119 cm³/mol. The van der Waals surface area contributed by atoms with Gasteiger partial charge in [0, 0.05) is 5.69 Å². The van der Waals surface area contributed by atoms with Gasteiger partial charge in [-0.15, -0.1) is 0 Å². The van der Waals surface area contributed by atoms with E-state index in [1.165, 1.54) is 5.56 Å². The molecular weight excluding hydrogens is 394 g/mol. The number of carbonyl (C=O) groups is 3. The van der Waals surface area contributed by atoms with E-state index in [4.69, 9.17) is 4.74 Å². The summed E-state index contributed by atoms with van der Waals surface area (Å²) in [6.45, 7) is 5.56. The Hall–Kier alpha value is -3.35. The lowest BCUT2D eigenvalue weighted by Crippen LogP contribution is -2.45. The Bertz CT molecular complexity index is 954. The van der Waals surface area contributed by atoms with Crippen molar-refractivity contribution in [2.24, 2.45) is 0 Å². The van der Waals surface area contributed by atoms with Crippen molar-refractivity contribution in [2.45, 2.75) is 45.1 Å². The van der Waals surface area contributed by atoms with Crippen molar-refractivity contribution in [3.8, 4) is 5.75 Å². The molecule has 0 aromatic heterocycles. The molecule has 31 heavy (non-hydrogen) atoms. The van der Waals surface area contributed by atoms with Gasteiger partial charge in [0.05, 0.1) is 7.11 Å². The van der Waals surface area contributed by atoms with Crippen molar-refractivity contribution >= 4 is 23.5 Å². The van der Waals surface area contributed by atoms with Gasteiger partial charge in [-0.05, 0) is 61.1 Å². The number of amides is 4. The molecule has 7 nitrogen and oxygen atoms in total. The maximum absolute atomic E-state index is 12.9. The van der Waals surface area contributed by atoms with Crippen molar-refractivity contribution in [3.05, 3.63) is 59.7 Å². The Kier molecular flexibility index (Phi) is 6.63. The summed E-state index contributed by atoms with van der Waals surface area (Å²) in [5.74, 6) is 0.346. The number of benzene rings is 2. The van der Waals surface area contributed by atoms with Crippen LogP contribution >= 0.6 is 0 Å². The van der Waals surface area contributed by atoms with E-state index in [9.17, 15) is 14.4 Å². The lowest BCUT2D eigenvalue weighted by Gasteiger charge is -2.21. The number of hydrogen-bond donors (Lipinski definition) is 2. The Labute approximate surface area is 182 Å². The van der Waals surface area contributed by atoms with Crippen LogP contribution in [-0.4, -0.2) is 41.9 Å². The number of ether oxygens (including phenoxy) is 1. The number of methoxy groups -OCH3 is 1. The largest absolute Gasteiger partial charge is 0.497 e. The number of aryl methyl sites for hydroxylation is 1. The maximum atomic E-state index is 12.9. The van der Waals surface area contributed by atoms with Crippen molar-refractivity contribution in [2.75, 3.05) is 19.0 Å². The molecule has 2 N–H and O–H groups in total. The SMILES string of the molecule is COc1ccc(CC[C@]2(C)NC(=O)N(CC(=O)Nc3ccc(C(C)C)cc3)C2=O)cc1. The highest BCUT2D eigenvalue weighted by Crippen LogP contribution is 2.24. The molecule has 0 saturated carbocycles. The lowest BCUT2D eigenvalue weighted by atomic mass is 9.93. The third-order valence-corrected chi connectivity index (χ3v) is 5.58. The number of rotatable bonds is 8. The second-order valence-electron chi connectivity index (χ2n) is 8.33. The van der Waals surface area contributed by atoms with Crippen LogP contribution in [0.4, 0.5) is 10.5 Å². The first-order valence-corrected chi connectivity index (χ1v) is 10.4. The Morgan fingerprint density at radius 1 is 1.10 bits per heavy atom. The van der Waals surface area contributed by atoms with Crippen molar-refractivity contribution in [1.29, 1.82) is 0 Å². The summed E-state index contributed by atoms with van der Waals surface area (Å²) in [4.78, 5) is 38.7. The smallest absolute Gasteiger partial charge is 0.325 e. The van der Waals surface area contributed by atoms with Crippen LogP contribution in [0.15, 0.2) is 48.5 Å². The summed E-state index contributed by atoms with van der Waals surface area (Å²) in [5, 5.41) is 5.49. The summed E-state index contributed by atoms with van der Waals surface area (Å²) in [7, 11) is 1.61. The molecule has 3 rings (SSSR count). The van der Waals surface area contributed by atoms with E-state index in [2.05, 4.69) is 24.5 Å². The highest BCUT2D eigenvalue weighted by Gasteiger charge is 2.47. The van der Waals surface area contributed by atoms with Gasteiger partial charge < -0.3 is 15.4 Å². The average molecular weight is 424 g/mol. The first-order valence-electron chi connectivity index (χ1n) is 10.4. The highest BCUT2D eigenvalue weighted by atomic mass is 16.5. The molecule has 1 atom stereocenters. The van der Waals surface area contributed by atoms with E-state index in [1.807, 2.05) is 48.5 Å². The zero-order valence-electron chi connectivity index (χ0n) is 18.4. The van der Waals surface area contributed by atoms with Gasteiger partial charge in [0.25, 0.3) is 5.91 Å². The van der Waals surface area contributed by atoms with Crippen LogP contribution in [0.5, 0.6) is 5.75 Å². The molecule has 2 aromatic carbocycles. The second kappa shape index (κ2) is 9.20. The van der Waals surface area contributed by atoms with Crippen molar-refractivity contribution in [1.82, 2.24) is 10.2 Å². The molecule has 1 aliphatic rings. The van der Waals surface area contributed by atoms with E-state index >= 15 is 0 Å². The number of imide groups is 1. The molecule has 1 saturated heterocycles. The van der Waals surface area contributed by atoms with Crippen LogP contribution in [0.25, 0.3) is 0 Å². The Morgan fingerprint density at radius 2 is 1.74 bits per heavy atom. The summed E-state index contributed by atoms with van der Waals surface area (Å²) < 4.78 is 5.15. The third kappa shape index (κ3) is 5.23. The van der Waals surface area contributed by atoms with E-state index in [0.29, 0.717) is 24.4 Å². The van der Waals surface area contributed by atoms with Gasteiger partial charge in [0.15, 0.2) is 0 Å². The fraction of sp³-hybridized carbons (Fsp3) is 0.375. The average Bonchev–Trinajstić information content (AvgIpc) is 2.96. The van der Waals surface area contributed by atoms with Crippen LogP contribution in [0.2, 0.25) is 0 Å². The number of urea groups is 1. The Balaban J connectivity index is 1.58. The topological polar surface area (TPSA) is 87.7 Å². The van der Waals surface area contributed by atoms with Gasteiger partial charge in [-0.3, -0.25) is 14.5 Å². The number of nitrogens with zero attached hydrogens (tertiary/aromatic N) is 1. The first kappa shape index (κ1) is 22.3. The molecule has 1 heterocycles. The summed E-state index contributed by atoms with van der Waals surface area (Å²) >= 11 is 0. The molecule has 0 bridgehead atoms. The molecule has 7 heteroatoms. The molecule has 0 unspecified atom stereocenters. The van der Waals surface area contributed by atoms with Gasteiger partial charge in [-0.1, -0.05) is 38.1 Å². The van der Waals surface area contributed by atoms with Crippen LogP contribution in [-0.2, 0) is 16.0 Å². The fourth-order valence-corrected chi connectivity index (χ4v) is 3.54. The van der Waals surface area contributed by atoms with Crippen LogP contribution in [0.3, 0.4) is 0 Å². The summed E-state index contributed by atoms with van der Waals surface area (Å²) in [6, 6.07) is 14.6. The minimum absolute atomic E-state index is 0.325. The van der Waals surface area contributed by atoms with E-state index in [1.54, 1.807) is 14.0 Å². The normalized spacial score (nSPS) is 18.3. The lowest BCUT2D eigenvalue weighted by molar-refractivity contribution is -0.133. The van der Waals surface area contributed by atoms with Gasteiger partial charge in [0.2, 0.25) is 5.91 Å². The molecule has 4 amide bonds. The van der Waals surface area contributed by atoms with Gasteiger partial charge in [0.1, 0.15) is 17.8 Å². The number of hydrogen-bond acceptors (Lipinski definition) is 4. The zero-order valence-corrected chi connectivity index (χ0v) is 18.4. The van der Waals surface area contributed by atoms with Crippen LogP contribution < -0.4 is 15.4 Å². The minimum atomic E-state index is -1.05. The minimum Gasteiger partial charge on any atom is -0.497 e. The monoisotopic (exact) mass is 423 g/mol. The molecule has 2 aromatic rings. The van der Waals surface area contributed by atoms with Crippen molar-refractivity contribution in [3.63, 3.8) is 0 Å². The number of anilines is 1. The molecule has 0 aliphatic carbocycles. The van der Waals surface area contributed by atoms with E-state index in [-0.39, 0.29) is 6.54 Å². The standard InChI is InChI=1S/C24H29N3O4/c1-16(2)18-7-9-19(10-8-18)25-21(28)15-27-22(29)24(3,26-23(27)30)14-13-17-5-11-20(31-4)12-6-17/h5-12,16H,13-15H2,1-4H3,(H,25,28)(H,26,30)/t24-/m0/s1. The quantitative estimate of drug-likeness (QED) is 0.634. The highest BCUT2D eigenvalue weighted by molar-refractivity contribution is 6.09. The molecule has 1 fully saturated rings. The molecule has 164 valence electrons. The van der Waals surface area contributed by atoms with Crippen LogP contribution in [0, 0.1) is 0 Å². The van der Waals surface area contributed by atoms with Gasteiger partial charge in [-0.25, -0.2) is 4.79 Å². The maximum Gasteiger partial charge on any atom is 0.325 e. The second-order valence-corrected chi connectivity index (χ2v) is 8.33. The summed E-state index contributed by atoms with van der Waals surface area (Å²) in [5.41, 5.74) is 1.78. The molecule has 1 aliphatic heterocycles. The van der Waals surface area contributed by atoms with Gasteiger partial charge >= 0.3 is 6.03 Å². The number of nitrogens with one attached hydrogen (secondary N) is 2. The third-order valence-electron chi connectivity index (χ3n) is 5.58. The molecule has 0 radical (unpaired) electrons. The summed E-state index contributed by atoms with van der Waals surface area (Å²) in [6.07, 6.45) is 1.04. The van der Waals surface area contributed by atoms with E-state index < -0.39 is 23.4 Å². The van der Waals surface area contributed by atoms with Crippen molar-refractivity contribution < 1.29 is 19.1 Å². The first-order chi connectivity index (χ1) is 14.7. The van der Waals surface area contributed by atoms with Crippen LogP contribution in [0.1, 0.15) is 44.2 Å². The zero-order chi connectivity index (χ0) is 22.6. The molecule has 0 spiro atoms. The molecular formula is C24H29N3O4. The fourth-order valence-electron chi connectivity index (χ4n) is 3.54. The predicted octanol–water partition coefficient (Wildman–Crippen LogP) is 3.70.